The van der Waals surface area contributed by atoms with Crippen molar-refractivity contribution in [3.8, 4) is 0 Å². The summed E-state index contributed by atoms with van der Waals surface area (Å²) < 4.78 is 0. The smallest absolute Gasteiger partial charge is 0.254 e. The quantitative estimate of drug-likeness (QED) is 0.761. The van der Waals surface area contributed by atoms with Crippen LogP contribution in [0.2, 0.25) is 0 Å². The van der Waals surface area contributed by atoms with Gasteiger partial charge in [0.15, 0.2) is 5.78 Å². The predicted molar refractivity (Wildman–Crippen MR) is 108 cm³/mol. The van der Waals surface area contributed by atoms with Crippen LogP contribution < -0.4 is 0 Å². The van der Waals surface area contributed by atoms with Crippen LogP contribution in [0.1, 0.15) is 45.7 Å². The van der Waals surface area contributed by atoms with Crippen molar-refractivity contribution >= 4 is 11.7 Å². The van der Waals surface area contributed by atoms with Crippen LogP contribution in [0.3, 0.4) is 0 Å². The Morgan fingerprint density at radius 1 is 0.889 bits per heavy atom. The average molecular weight is 364 g/mol. The van der Waals surface area contributed by atoms with E-state index in [0.717, 1.165) is 25.2 Å². The van der Waals surface area contributed by atoms with Gasteiger partial charge in [-0.1, -0.05) is 61.9 Å². The minimum absolute atomic E-state index is 0.0461. The second-order valence-electron chi connectivity index (χ2n) is 7.73. The van der Waals surface area contributed by atoms with Gasteiger partial charge in [-0.2, -0.15) is 0 Å². The van der Waals surface area contributed by atoms with Gasteiger partial charge in [-0.3, -0.25) is 14.5 Å². The van der Waals surface area contributed by atoms with Crippen LogP contribution in [0.25, 0.3) is 0 Å². The maximum atomic E-state index is 13.1. The third kappa shape index (κ3) is 4.64. The van der Waals surface area contributed by atoms with Gasteiger partial charge in [-0.25, -0.2) is 0 Å². The molecule has 1 saturated heterocycles. The van der Waals surface area contributed by atoms with Crippen molar-refractivity contribution in [2.75, 3.05) is 32.7 Å². The van der Waals surface area contributed by atoms with Crippen LogP contribution in [-0.4, -0.2) is 54.2 Å². The van der Waals surface area contributed by atoms with Crippen LogP contribution in [0.4, 0.5) is 0 Å². The largest absolute Gasteiger partial charge is 0.336 e. The summed E-state index contributed by atoms with van der Waals surface area (Å²) in [4.78, 5) is 30.3. The first-order valence-corrected chi connectivity index (χ1v) is 9.67. The Balaban J connectivity index is 1.77. The molecule has 0 unspecified atom stereocenters. The molecule has 3 rings (SSSR count). The first-order chi connectivity index (χ1) is 13.0. The highest BCUT2D eigenvalue weighted by Gasteiger charge is 2.25. The average Bonchev–Trinajstić information content (AvgIpc) is 2.67. The Labute approximate surface area is 161 Å². The van der Waals surface area contributed by atoms with E-state index in [1.165, 1.54) is 0 Å². The zero-order chi connectivity index (χ0) is 19.4. The van der Waals surface area contributed by atoms with Crippen molar-refractivity contribution in [3.05, 3.63) is 70.8 Å². The first-order valence-electron chi connectivity index (χ1n) is 9.67. The number of aryl methyl sites for hydroxylation is 1. The molecular formula is C23H28N2O2. The third-order valence-corrected chi connectivity index (χ3v) is 5.00. The Morgan fingerprint density at radius 3 is 2.07 bits per heavy atom. The van der Waals surface area contributed by atoms with Crippen LogP contribution in [-0.2, 0) is 0 Å². The van der Waals surface area contributed by atoms with Crippen molar-refractivity contribution < 1.29 is 9.59 Å². The lowest BCUT2D eigenvalue weighted by molar-refractivity contribution is 0.0621. The molecule has 1 aliphatic heterocycles. The Bertz CT molecular complexity index is 803. The molecular weight excluding hydrogens is 336 g/mol. The molecule has 2 aromatic carbocycles. The number of hydrogen-bond acceptors (Lipinski definition) is 3. The number of hydrogen-bond donors (Lipinski definition) is 0. The topological polar surface area (TPSA) is 40.6 Å². The summed E-state index contributed by atoms with van der Waals surface area (Å²) in [6.07, 6.45) is 0. The van der Waals surface area contributed by atoms with Crippen molar-refractivity contribution in [2.24, 2.45) is 5.92 Å². The van der Waals surface area contributed by atoms with E-state index in [1.807, 2.05) is 48.2 Å². The fourth-order valence-corrected chi connectivity index (χ4v) is 3.55. The number of nitrogens with zero attached hydrogens (tertiary/aromatic N) is 2. The van der Waals surface area contributed by atoms with Crippen LogP contribution >= 0.6 is 0 Å². The van der Waals surface area contributed by atoms with Gasteiger partial charge in [0, 0.05) is 43.9 Å². The molecule has 0 spiro atoms. The Morgan fingerprint density at radius 2 is 1.48 bits per heavy atom. The van der Waals surface area contributed by atoms with Gasteiger partial charge in [0.2, 0.25) is 0 Å². The molecule has 0 N–H and O–H groups in total. The molecule has 0 radical (unpaired) electrons. The second kappa shape index (κ2) is 8.49. The molecule has 0 bridgehead atoms. The number of carbonyl (C=O) groups is 2. The molecule has 0 aromatic heterocycles. The summed E-state index contributed by atoms with van der Waals surface area (Å²) in [5, 5.41) is 0. The molecule has 1 heterocycles. The standard InChI is InChI=1S/C23H28N2O2/c1-17(2)16-24-12-14-25(15-13-24)23(27)21-7-5-4-6-20(21)22(26)19-10-8-18(3)9-11-19/h4-11,17H,12-16H2,1-3H3. The van der Waals surface area contributed by atoms with E-state index in [2.05, 4.69) is 18.7 Å². The summed E-state index contributed by atoms with van der Waals surface area (Å²) in [5.41, 5.74) is 2.70. The van der Waals surface area contributed by atoms with Crippen molar-refractivity contribution in [1.82, 2.24) is 9.80 Å². The summed E-state index contributed by atoms with van der Waals surface area (Å²) in [7, 11) is 0. The molecule has 1 amide bonds. The number of amides is 1. The highest BCUT2D eigenvalue weighted by Crippen LogP contribution is 2.18. The number of benzene rings is 2. The highest BCUT2D eigenvalue weighted by atomic mass is 16.2. The SMILES string of the molecule is Cc1ccc(C(=O)c2ccccc2C(=O)N2CCN(CC(C)C)CC2)cc1. The number of piperazine rings is 1. The van der Waals surface area contributed by atoms with Gasteiger partial charge in [0.05, 0.1) is 5.56 Å². The van der Waals surface area contributed by atoms with Gasteiger partial charge in [-0.15, -0.1) is 0 Å². The van der Waals surface area contributed by atoms with Crippen LogP contribution in [0, 0.1) is 12.8 Å². The number of ketones is 1. The summed E-state index contributed by atoms with van der Waals surface area (Å²) >= 11 is 0. The molecule has 1 aliphatic rings. The number of carbonyl (C=O) groups excluding carboxylic acids is 2. The fourth-order valence-electron chi connectivity index (χ4n) is 3.55. The normalized spacial score (nSPS) is 15.2. The van der Waals surface area contributed by atoms with Gasteiger partial charge in [0.1, 0.15) is 0 Å². The molecule has 0 aliphatic carbocycles. The number of rotatable bonds is 5. The molecule has 0 atom stereocenters. The van der Waals surface area contributed by atoms with Gasteiger partial charge in [0.25, 0.3) is 5.91 Å². The summed E-state index contributed by atoms with van der Waals surface area (Å²) in [5.74, 6) is 0.479. The van der Waals surface area contributed by atoms with E-state index in [4.69, 9.17) is 0 Å². The van der Waals surface area contributed by atoms with E-state index in [9.17, 15) is 9.59 Å². The Hall–Kier alpha value is -2.46. The molecule has 0 saturated carbocycles. The van der Waals surface area contributed by atoms with Crippen molar-refractivity contribution in [3.63, 3.8) is 0 Å². The second-order valence-corrected chi connectivity index (χ2v) is 7.73. The minimum Gasteiger partial charge on any atom is -0.336 e. The monoisotopic (exact) mass is 364 g/mol. The lowest BCUT2D eigenvalue weighted by Crippen LogP contribution is -2.49. The summed E-state index contributed by atoms with van der Waals surface area (Å²) in [6.45, 7) is 10.7. The maximum absolute atomic E-state index is 13.1. The molecule has 4 heteroatoms. The zero-order valence-corrected chi connectivity index (χ0v) is 16.4. The van der Waals surface area contributed by atoms with E-state index in [0.29, 0.717) is 35.7 Å². The minimum atomic E-state index is -0.0996. The van der Waals surface area contributed by atoms with E-state index >= 15 is 0 Å². The molecule has 27 heavy (non-hydrogen) atoms. The molecule has 142 valence electrons. The van der Waals surface area contributed by atoms with Gasteiger partial charge in [-0.05, 0) is 18.9 Å². The fraction of sp³-hybridized carbons (Fsp3) is 0.391. The zero-order valence-electron chi connectivity index (χ0n) is 16.4. The first kappa shape index (κ1) is 19.3. The third-order valence-electron chi connectivity index (χ3n) is 5.00. The summed E-state index contributed by atoms with van der Waals surface area (Å²) in [6, 6.07) is 14.7. The van der Waals surface area contributed by atoms with Crippen LogP contribution in [0.5, 0.6) is 0 Å². The lowest BCUT2D eigenvalue weighted by Gasteiger charge is -2.35. The van der Waals surface area contributed by atoms with Crippen LogP contribution in [0.15, 0.2) is 48.5 Å². The molecule has 1 fully saturated rings. The van der Waals surface area contributed by atoms with Gasteiger partial charge < -0.3 is 4.90 Å². The predicted octanol–water partition coefficient (Wildman–Crippen LogP) is 3.64. The highest BCUT2D eigenvalue weighted by molar-refractivity contribution is 6.15. The van der Waals surface area contributed by atoms with E-state index < -0.39 is 0 Å². The molecule has 4 nitrogen and oxygen atoms in total. The van der Waals surface area contributed by atoms with Crippen molar-refractivity contribution in [1.29, 1.82) is 0 Å². The van der Waals surface area contributed by atoms with E-state index in [-0.39, 0.29) is 11.7 Å². The Kier molecular flexibility index (Phi) is 6.07. The molecule has 2 aromatic rings. The maximum Gasteiger partial charge on any atom is 0.254 e. The lowest BCUT2D eigenvalue weighted by atomic mass is 9.97. The van der Waals surface area contributed by atoms with Gasteiger partial charge >= 0.3 is 0 Å². The van der Waals surface area contributed by atoms with E-state index in [1.54, 1.807) is 12.1 Å². The van der Waals surface area contributed by atoms with Crippen molar-refractivity contribution in [2.45, 2.75) is 20.8 Å².